The number of hydrogen-bond donors (Lipinski definition) is 1. The fourth-order valence-corrected chi connectivity index (χ4v) is 2.98. The first-order valence-corrected chi connectivity index (χ1v) is 6.29. The van der Waals surface area contributed by atoms with E-state index in [1.807, 2.05) is 12.1 Å². The summed E-state index contributed by atoms with van der Waals surface area (Å²) in [6.45, 7) is 0. The molecule has 0 radical (unpaired) electrons. The van der Waals surface area contributed by atoms with E-state index in [1.54, 1.807) is 12.5 Å². The molecular formula is C10H8BrClO2S. The summed E-state index contributed by atoms with van der Waals surface area (Å²) in [5, 5.41) is 9.92. The van der Waals surface area contributed by atoms with Gasteiger partial charge in [-0.3, -0.25) is 0 Å². The molecule has 0 aliphatic carbocycles. The van der Waals surface area contributed by atoms with Gasteiger partial charge in [-0.05, 0) is 33.6 Å². The molecule has 0 aliphatic heterocycles. The van der Waals surface area contributed by atoms with Crippen LogP contribution in [0.25, 0.3) is 0 Å². The van der Waals surface area contributed by atoms with E-state index in [4.69, 9.17) is 16.0 Å². The molecule has 80 valence electrons. The average Bonchev–Trinajstić information content (AvgIpc) is 2.78. The van der Waals surface area contributed by atoms with Gasteiger partial charge in [0.05, 0.1) is 18.6 Å². The highest BCUT2D eigenvalue weighted by molar-refractivity contribution is 9.10. The van der Waals surface area contributed by atoms with Crippen LogP contribution in [-0.4, -0.2) is 5.11 Å². The Labute approximate surface area is 105 Å². The Morgan fingerprint density at radius 1 is 1.60 bits per heavy atom. The highest BCUT2D eigenvalue weighted by Crippen LogP contribution is 2.36. The lowest BCUT2D eigenvalue weighted by Gasteiger charge is -2.05. The molecule has 1 unspecified atom stereocenters. The van der Waals surface area contributed by atoms with Gasteiger partial charge in [-0.25, -0.2) is 0 Å². The summed E-state index contributed by atoms with van der Waals surface area (Å²) in [4.78, 5) is 0.855. The van der Waals surface area contributed by atoms with Crippen LogP contribution >= 0.6 is 38.9 Å². The summed E-state index contributed by atoms with van der Waals surface area (Å²) in [6.07, 6.45) is 3.24. The Kier molecular flexibility index (Phi) is 3.51. The Bertz CT molecular complexity index is 419. The molecule has 0 aliphatic rings. The molecule has 0 saturated carbocycles. The number of aliphatic hydroxyl groups excluding tert-OH is 1. The second-order valence-corrected chi connectivity index (χ2v) is 5.66. The molecule has 2 nitrogen and oxygen atoms in total. The molecule has 0 fully saturated rings. The van der Waals surface area contributed by atoms with E-state index in [9.17, 15) is 5.11 Å². The monoisotopic (exact) mass is 306 g/mol. The maximum Gasteiger partial charge on any atom is 0.107 e. The van der Waals surface area contributed by atoms with Gasteiger partial charge in [0.15, 0.2) is 0 Å². The Morgan fingerprint density at radius 2 is 2.40 bits per heavy atom. The fourth-order valence-electron chi connectivity index (χ4n) is 1.26. The molecule has 0 saturated heterocycles. The van der Waals surface area contributed by atoms with Crippen LogP contribution in [0.4, 0.5) is 0 Å². The maximum atomic E-state index is 9.92. The highest BCUT2D eigenvalue weighted by Gasteiger charge is 2.14. The van der Waals surface area contributed by atoms with Crippen molar-refractivity contribution in [2.75, 3.05) is 0 Å². The summed E-state index contributed by atoms with van der Waals surface area (Å²) < 4.78 is 6.43. The van der Waals surface area contributed by atoms with Gasteiger partial charge in [0.1, 0.15) is 4.34 Å². The van der Waals surface area contributed by atoms with Gasteiger partial charge in [0.2, 0.25) is 0 Å². The molecule has 1 N–H and O–H groups in total. The number of furan rings is 1. The number of thiophene rings is 1. The molecular weight excluding hydrogens is 300 g/mol. The zero-order chi connectivity index (χ0) is 10.8. The SMILES string of the molecule is OC(Cc1ccoc1)c1cc(Br)c(Cl)s1. The predicted molar refractivity (Wildman–Crippen MR) is 64.4 cm³/mol. The zero-order valence-corrected chi connectivity index (χ0v) is 10.8. The van der Waals surface area contributed by atoms with E-state index in [0.717, 1.165) is 14.9 Å². The van der Waals surface area contributed by atoms with Crippen molar-refractivity contribution in [3.8, 4) is 0 Å². The standard InChI is InChI=1S/C10H8BrClO2S/c11-7-4-9(15-10(7)12)8(13)3-6-1-2-14-5-6/h1-2,4-5,8,13H,3H2. The summed E-state index contributed by atoms with van der Waals surface area (Å²) in [5.41, 5.74) is 0.975. The van der Waals surface area contributed by atoms with Crippen molar-refractivity contribution in [2.45, 2.75) is 12.5 Å². The van der Waals surface area contributed by atoms with Crippen molar-refractivity contribution in [3.05, 3.63) is 43.9 Å². The minimum Gasteiger partial charge on any atom is -0.472 e. The van der Waals surface area contributed by atoms with Crippen molar-refractivity contribution in [3.63, 3.8) is 0 Å². The molecule has 0 aromatic carbocycles. The van der Waals surface area contributed by atoms with Gasteiger partial charge in [-0.2, -0.15) is 0 Å². The molecule has 2 aromatic heterocycles. The number of aliphatic hydroxyl groups is 1. The van der Waals surface area contributed by atoms with Gasteiger partial charge in [-0.15, -0.1) is 11.3 Å². The Balaban J connectivity index is 2.11. The lowest BCUT2D eigenvalue weighted by molar-refractivity contribution is 0.182. The minimum atomic E-state index is -0.531. The zero-order valence-electron chi connectivity index (χ0n) is 7.61. The van der Waals surface area contributed by atoms with E-state index < -0.39 is 6.10 Å². The lowest BCUT2D eigenvalue weighted by atomic mass is 10.1. The first kappa shape index (κ1) is 11.2. The van der Waals surface area contributed by atoms with Crippen LogP contribution in [0, 0.1) is 0 Å². The molecule has 15 heavy (non-hydrogen) atoms. The molecule has 0 amide bonds. The van der Waals surface area contributed by atoms with Gasteiger partial charge in [0.25, 0.3) is 0 Å². The van der Waals surface area contributed by atoms with Crippen molar-refractivity contribution in [1.82, 2.24) is 0 Å². The normalized spacial score (nSPS) is 13.0. The van der Waals surface area contributed by atoms with Crippen LogP contribution in [0.2, 0.25) is 4.34 Å². The number of rotatable bonds is 3. The summed E-state index contributed by atoms with van der Waals surface area (Å²) in [7, 11) is 0. The predicted octanol–water partition coefficient (Wildman–Crippen LogP) is 4.03. The van der Waals surface area contributed by atoms with Gasteiger partial charge < -0.3 is 9.52 Å². The average molecular weight is 308 g/mol. The third kappa shape index (κ3) is 2.64. The first-order chi connectivity index (χ1) is 7.16. The van der Waals surface area contributed by atoms with Gasteiger partial charge in [0, 0.05) is 15.8 Å². The third-order valence-corrected chi connectivity index (χ3v) is 4.58. The summed E-state index contributed by atoms with van der Waals surface area (Å²) >= 11 is 10.6. The molecule has 0 spiro atoms. The van der Waals surface area contributed by atoms with Crippen LogP contribution in [0.3, 0.4) is 0 Å². The second-order valence-electron chi connectivity index (χ2n) is 3.12. The van der Waals surface area contributed by atoms with Crippen molar-refractivity contribution >= 4 is 38.9 Å². The molecule has 0 bridgehead atoms. The molecule has 2 rings (SSSR count). The minimum absolute atomic E-state index is 0.531. The number of halogens is 2. The number of hydrogen-bond acceptors (Lipinski definition) is 3. The van der Waals surface area contributed by atoms with Crippen LogP contribution in [-0.2, 0) is 6.42 Å². The third-order valence-electron chi connectivity index (χ3n) is 2.00. The molecule has 2 heterocycles. The molecule has 2 aromatic rings. The quantitative estimate of drug-likeness (QED) is 0.928. The molecule has 5 heteroatoms. The van der Waals surface area contributed by atoms with Crippen molar-refractivity contribution < 1.29 is 9.52 Å². The lowest BCUT2D eigenvalue weighted by Crippen LogP contribution is -1.97. The van der Waals surface area contributed by atoms with Crippen LogP contribution in [0.1, 0.15) is 16.5 Å². The first-order valence-electron chi connectivity index (χ1n) is 4.30. The van der Waals surface area contributed by atoms with E-state index in [0.29, 0.717) is 10.8 Å². The van der Waals surface area contributed by atoms with Crippen molar-refractivity contribution in [2.24, 2.45) is 0 Å². The fraction of sp³-hybridized carbons (Fsp3) is 0.200. The summed E-state index contributed by atoms with van der Waals surface area (Å²) in [5.74, 6) is 0. The topological polar surface area (TPSA) is 33.4 Å². The van der Waals surface area contributed by atoms with Gasteiger partial charge >= 0.3 is 0 Å². The van der Waals surface area contributed by atoms with E-state index in [1.165, 1.54) is 11.3 Å². The van der Waals surface area contributed by atoms with Gasteiger partial charge in [-0.1, -0.05) is 11.6 Å². The Hall–Kier alpha value is -0.290. The van der Waals surface area contributed by atoms with E-state index in [-0.39, 0.29) is 0 Å². The maximum absolute atomic E-state index is 9.92. The van der Waals surface area contributed by atoms with E-state index >= 15 is 0 Å². The Morgan fingerprint density at radius 3 is 2.93 bits per heavy atom. The summed E-state index contributed by atoms with van der Waals surface area (Å²) in [6, 6.07) is 3.69. The second kappa shape index (κ2) is 4.70. The van der Waals surface area contributed by atoms with E-state index in [2.05, 4.69) is 15.9 Å². The smallest absolute Gasteiger partial charge is 0.107 e. The van der Waals surface area contributed by atoms with Crippen LogP contribution in [0.5, 0.6) is 0 Å². The highest BCUT2D eigenvalue weighted by atomic mass is 79.9. The van der Waals surface area contributed by atoms with Crippen LogP contribution < -0.4 is 0 Å². The van der Waals surface area contributed by atoms with Crippen LogP contribution in [0.15, 0.2) is 33.5 Å². The molecule has 1 atom stereocenters. The largest absolute Gasteiger partial charge is 0.472 e. The van der Waals surface area contributed by atoms with Crippen molar-refractivity contribution in [1.29, 1.82) is 0 Å².